The molecule has 0 aliphatic carbocycles. The van der Waals surface area contributed by atoms with E-state index >= 15 is 0 Å². The van der Waals surface area contributed by atoms with Crippen molar-refractivity contribution in [3.63, 3.8) is 0 Å². The Morgan fingerprint density at radius 3 is 2.59 bits per heavy atom. The fourth-order valence-electron chi connectivity index (χ4n) is 1.45. The molecule has 7 heteroatoms. The predicted octanol–water partition coefficient (Wildman–Crippen LogP) is 0.114. The summed E-state index contributed by atoms with van der Waals surface area (Å²) >= 11 is 0. The third-order valence-corrected chi connectivity index (χ3v) is 3.40. The van der Waals surface area contributed by atoms with Gasteiger partial charge in [-0.2, -0.15) is 0 Å². The van der Waals surface area contributed by atoms with Gasteiger partial charge in [0.15, 0.2) is 0 Å². The second kappa shape index (κ2) is 6.04. The third kappa shape index (κ3) is 5.20. The highest BCUT2D eigenvalue weighted by Gasteiger charge is 2.12. The van der Waals surface area contributed by atoms with Crippen molar-refractivity contribution in [1.29, 1.82) is 0 Å². The molecule has 1 aromatic heterocycles. The summed E-state index contributed by atoms with van der Waals surface area (Å²) < 4.78 is 22.0. The van der Waals surface area contributed by atoms with E-state index in [1.807, 2.05) is 6.92 Å². The van der Waals surface area contributed by atoms with Crippen LogP contribution in [0.2, 0.25) is 0 Å². The fourth-order valence-corrected chi connectivity index (χ4v) is 2.14. The van der Waals surface area contributed by atoms with E-state index in [2.05, 4.69) is 15.4 Å². The maximum Gasteiger partial charge on any atom is 0.147 e. The van der Waals surface area contributed by atoms with Crippen LogP contribution >= 0.6 is 0 Å². The fraction of sp³-hybridized carbons (Fsp3) is 0.600. The van der Waals surface area contributed by atoms with Gasteiger partial charge in [-0.15, -0.1) is 0 Å². The number of aryl methyl sites for hydroxylation is 1. The van der Waals surface area contributed by atoms with Gasteiger partial charge < -0.3 is 0 Å². The number of sulfone groups is 1. The molecule has 0 spiro atoms. The number of hydrogen-bond acceptors (Lipinski definition) is 6. The topological polar surface area (TPSA) is 98.0 Å². The molecule has 96 valence electrons. The standard InChI is InChI=1S/C10H18N4O2S/c1-8-6-13-10(7-12-8)9(14-11)4-3-5-17(2,15)16/h6-7,9,14H,3-5,11H2,1-2H3. The van der Waals surface area contributed by atoms with E-state index in [1.165, 1.54) is 6.26 Å². The normalized spacial score (nSPS) is 13.6. The first-order chi connectivity index (χ1) is 7.92. The van der Waals surface area contributed by atoms with Crippen molar-refractivity contribution in [2.24, 2.45) is 5.84 Å². The lowest BCUT2D eigenvalue weighted by atomic mass is 10.1. The summed E-state index contributed by atoms with van der Waals surface area (Å²) in [4.78, 5) is 8.34. The summed E-state index contributed by atoms with van der Waals surface area (Å²) in [5.74, 6) is 5.58. The Morgan fingerprint density at radius 1 is 1.41 bits per heavy atom. The van der Waals surface area contributed by atoms with Gasteiger partial charge in [0.2, 0.25) is 0 Å². The van der Waals surface area contributed by atoms with E-state index in [-0.39, 0.29) is 11.8 Å². The van der Waals surface area contributed by atoms with E-state index in [1.54, 1.807) is 12.4 Å². The molecular weight excluding hydrogens is 240 g/mol. The molecule has 3 N–H and O–H groups in total. The maximum atomic E-state index is 11.0. The van der Waals surface area contributed by atoms with Crippen LogP contribution in [0.4, 0.5) is 0 Å². The van der Waals surface area contributed by atoms with Crippen molar-refractivity contribution in [3.8, 4) is 0 Å². The van der Waals surface area contributed by atoms with Gasteiger partial charge in [-0.25, -0.2) is 8.42 Å². The average Bonchev–Trinajstić information content (AvgIpc) is 2.24. The first kappa shape index (κ1) is 14.0. The Balaban J connectivity index is 2.57. The van der Waals surface area contributed by atoms with Gasteiger partial charge in [0.05, 0.1) is 23.6 Å². The molecule has 0 aliphatic heterocycles. The molecule has 0 saturated heterocycles. The molecular formula is C10H18N4O2S. The summed E-state index contributed by atoms with van der Waals surface area (Å²) in [7, 11) is -2.92. The minimum Gasteiger partial charge on any atom is -0.271 e. The van der Waals surface area contributed by atoms with E-state index in [9.17, 15) is 8.42 Å². The van der Waals surface area contributed by atoms with Crippen molar-refractivity contribution in [1.82, 2.24) is 15.4 Å². The molecule has 6 nitrogen and oxygen atoms in total. The van der Waals surface area contributed by atoms with Crippen LogP contribution in [0.3, 0.4) is 0 Å². The van der Waals surface area contributed by atoms with Crippen molar-refractivity contribution in [3.05, 3.63) is 23.8 Å². The zero-order chi connectivity index (χ0) is 12.9. The average molecular weight is 258 g/mol. The summed E-state index contributed by atoms with van der Waals surface area (Å²) in [6.07, 6.45) is 5.70. The second-order valence-electron chi connectivity index (χ2n) is 4.07. The van der Waals surface area contributed by atoms with E-state index in [4.69, 9.17) is 5.84 Å². The highest BCUT2D eigenvalue weighted by Crippen LogP contribution is 2.14. The molecule has 0 aliphatic rings. The number of nitrogens with zero attached hydrogens (tertiary/aromatic N) is 2. The zero-order valence-corrected chi connectivity index (χ0v) is 10.9. The molecule has 0 saturated carbocycles. The number of hydrogen-bond donors (Lipinski definition) is 2. The molecule has 1 atom stereocenters. The van der Waals surface area contributed by atoms with Crippen LogP contribution < -0.4 is 11.3 Å². The highest BCUT2D eigenvalue weighted by molar-refractivity contribution is 7.90. The molecule has 1 unspecified atom stereocenters. The van der Waals surface area contributed by atoms with Gasteiger partial charge in [0.25, 0.3) is 0 Å². The largest absolute Gasteiger partial charge is 0.271 e. The number of nitrogens with two attached hydrogens (primary N) is 1. The minimum atomic E-state index is -2.92. The molecule has 0 aromatic carbocycles. The first-order valence-corrected chi connectivity index (χ1v) is 7.41. The van der Waals surface area contributed by atoms with Crippen molar-refractivity contribution in [2.75, 3.05) is 12.0 Å². The van der Waals surface area contributed by atoms with Crippen molar-refractivity contribution < 1.29 is 8.42 Å². The first-order valence-electron chi connectivity index (χ1n) is 5.35. The molecule has 17 heavy (non-hydrogen) atoms. The van der Waals surface area contributed by atoms with Gasteiger partial charge in [0, 0.05) is 18.2 Å². The van der Waals surface area contributed by atoms with Crippen molar-refractivity contribution in [2.45, 2.75) is 25.8 Å². The molecule has 0 fully saturated rings. The molecule has 1 heterocycles. The summed E-state index contributed by atoms with van der Waals surface area (Å²) in [6, 6.07) is -0.162. The zero-order valence-electron chi connectivity index (χ0n) is 10.0. The van der Waals surface area contributed by atoms with Crippen LogP contribution in [-0.2, 0) is 9.84 Å². The Kier molecular flexibility index (Phi) is 4.98. The van der Waals surface area contributed by atoms with Crippen LogP contribution in [0.15, 0.2) is 12.4 Å². The van der Waals surface area contributed by atoms with E-state index in [0.29, 0.717) is 12.8 Å². The number of rotatable bonds is 6. The minimum absolute atomic E-state index is 0.157. The Bertz CT molecular complexity index is 444. The lowest BCUT2D eigenvalue weighted by Crippen LogP contribution is -2.29. The lowest BCUT2D eigenvalue weighted by molar-refractivity contribution is 0.494. The monoisotopic (exact) mass is 258 g/mol. The predicted molar refractivity (Wildman–Crippen MR) is 65.8 cm³/mol. The van der Waals surface area contributed by atoms with E-state index < -0.39 is 9.84 Å². The van der Waals surface area contributed by atoms with Gasteiger partial charge in [-0.05, 0) is 19.8 Å². The molecule has 0 amide bonds. The molecule has 0 radical (unpaired) electrons. The quantitative estimate of drug-likeness (QED) is 0.555. The van der Waals surface area contributed by atoms with E-state index in [0.717, 1.165) is 11.4 Å². The van der Waals surface area contributed by atoms with Crippen LogP contribution in [0.25, 0.3) is 0 Å². The van der Waals surface area contributed by atoms with Gasteiger partial charge in [0.1, 0.15) is 9.84 Å². The smallest absolute Gasteiger partial charge is 0.147 e. The summed E-state index contributed by atoms with van der Waals surface area (Å²) in [5, 5.41) is 0. The maximum absolute atomic E-state index is 11.0. The second-order valence-corrected chi connectivity index (χ2v) is 6.33. The Morgan fingerprint density at radius 2 is 2.12 bits per heavy atom. The van der Waals surface area contributed by atoms with Crippen LogP contribution in [-0.4, -0.2) is 30.4 Å². The number of aromatic nitrogens is 2. The Labute approximate surface area is 102 Å². The number of hydrazine groups is 1. The van der Waals surface area contributed by atoms with Crippen LogP contribution in [0.1, 0.15) is 30.3 Å². The lowest BCUT2D eigenvalue weighted by Gasteiger charge is -2.14. The van der Waals surface area contributed by atoms with Crippen molar-refractivity contribution >= 4 is 9.84 Å². The summed E-state index contributed by atoms with van der Waals surface area (Å²) in [6.45, 7) is 1.85. The third-order valence-electron chi connectivity index (χ3n) is 2.37. The highest BCUT2D eigenvalue weighted by atomic mass is 32.2. The van der Waals surface area contributed by atoms with Gasteiger partial charge in [-0.1, -0.05) is 0 Å². The van der Waals surface area contributed by atoms with Crippen LogP contribution in [0, 0.1) is 6.92 Å². The SMILES string of the molecule is Cc1cnc(C(CCCS(C)(=O)=O)NN)cn1. The molecule has 1 rings (SSSR count). The Hall–Kier alpha value is -1.05. The van der Waals surface area contributed by atoms with Crippen LogP contribution in [0.5, 0.6) is 0 Å². The van der Waals surface area contributed by atoms with Gasteiger partial charge >= 0.3 is 0 Å². The molecule has 1 aromatic rings. The summed E-state index contributed by atoms with van der Waals surface area (Å²) in [5.41, 5.74) is 4.19. The molecule has 0 bridgehead atoms. The van der Waals surface area contributed by atoms with Gasteiger partial charge in [-0.3, -0.25) is 21.2 Å². The number of nitrogens with one attached hydrogen (secondary N) is 1.